The molecular formula is C11H17NO2S. The molecule has 0 saturated carbocycles. The van der Waals surface area contributed by atoms with Crippen molar-refractivity contribution in [1.29, 1.82) is 0 Å². The molecule has 15 heavy (non-hydrogen) atoms. The van der Waals surface area contributed by atoms with Crippen molar-refractivity contribution < 1.29 is 9.32 Å². The lowest BCUT2D eigenvalue weighted by atomic mass is 10.2. The van der Waals surface area contributed by atoms with Gasteiger partial charge in [0.05, 0.1) is 6.10 Å². The van der Waals surface area contributed by atoms with Gasteiger partial charge < -0.3 is 10.4 Å². The SMILES string of the molecule is C[C@H](O)CNCc1ccc(S(C)=O)cc1. The van der Waals surface area contributed by atoms with Crippen LogP contribution in [0.5, 0.6) is 0 Å². The van der Waals surface area contributed by atoms with Crippen molar-refractivity contribution in [3.63, 3.8) is 0 Å². The molecule has 2 atom stereocenters. The molecular weight excluding hydrogens is 210 g/mol. The molecule has 4 heteroatoms. The van der Waals surface area contributed by atoms with Gasteiger partial charge in [0, 0.05) is 35.0 Å². The molecule has 0 aliphatic heterocycles. The van der Waals surface area contributed by atoms with Crippen molar-refractivity contribution >= 4 is 10.8 Å². The Balaban J connectivity index is 2.46. The van der Waals surface area contributed by atoms with Crippen molar-refractivity contribution in [2.24, 2.45) is 0 Å². The first-order valence-corrected chi connectivity index (χ1v) is 6.46. The molecule has 0 amide bonds. The Morgan fingerprint density at radius 2 is 2.00 bits per heavy atom. The van der Waals surface area contributed by atoms with Gasteiger partial charge in [0.1, 0.15) is 0 Å². The number of rotatable bonds is 5. The quantitative estimate of drug-likeness (QED) is 0.785. The highest BCUT2D eigenvalue weighted by atomic mass is 32.2. The normalized spacial score (nSPS) is 14.9. The van der Waals surface area contributed by atoms with Crippen LogP contribution in [0.3, 0.4) is 0 Å². The Labute approximate surface area is 93.0 Å². The van der Waals surface area contributed by atoms with Gasteiger partial charge in [-0.1, -0.05) is 12.1 Å². The van der Waals surface area contributed by atoms with E-state index < -0.39 is 10.8 Å². The maximum atomic E-state index is 11.1. The highest BCUT2D eigenvalue weighted by molar-refractivity contribution is 7.84. The maximum absolute atomic E-state index is 11.1. The molecule has 0 bridgehead atoms. The Kier molecular flexibility index (Phi) is 4.94. The molecule has 1 aromatic carbocycles. The molecule has 84 valence electrons. The summed E-state index contributed by atoms with van der Waals surface area (Å²) in [5.41, 5.74) is 1.13. The number of benzene rings is 1. The van der Waals surface area contributed by atoms with Gasteiger partial charge in [0.2, 0.25) is 0 Å². The predicted octanol–water partition coefficient (Wildman–Crippen LogP) is 0.894. The van der Waals surface area contributed by atoms with E-state index in [0.29, 0.717) is 6.54 Å². The van der Waals surface area contributed by atoms with E-state index in [2.05, 4.69) is 5.32 Å². The molecule has 0 heterocycles. The average molecular weight is 227 g/mol. The Morgan fingerprint density at radius 1 is 1.40 bits per heavy atom. The lowest BCUT2D eigenvalue weighted by Crippen LogP contribution is -2.23. The van der Waals surface area contributed by atoms with Gasteiger partial charge >= 0.3 is 0 Å². The van der Waals surface area contributed by atoms with Gasteiger partial charge in [0.25, 0.3) is 0 Å². The topological polar surface area (TPSA) is 49.3 Å². The molecule has 1 unspecified atom stereocenters. The summed E-state index contributed by atoms with van der Waals surface area (Å²) in [5, 5.41) is 12.2. The third-order valence-electron chi connectivity index (χ3n) is 2.02. The Hall–Kier alpha value is -0.710. The molecule has 0 saturated heterocycles. The summed E-state index contributed by atoms with van der Waals surface area (Å²) in [6.07, 6.45) is 1.34. The summed E-state index contributed by atoms with van der Waals surface area (Å²) in [6.45, 7) is 3.05. The van der Waals surface area contributed by atoms with Crippen LogP contribution >= 0.6 is 0 Å². The van der Waals surface area contributed by atoms with E-state index in [-0.39, 0.29) is 6.10 Å². The largest absolute Gasteiger partial charge is 0.392 e. The van der Waals surface area contributed by atoms with Crippen LogP contribution in [0.1, 0.15) is 12.5 Å². The molecule has 0 aliphatic rings. The fraction of sp³-hybridized carbons (Fsp3) is 0.455. The standard InChI is InChI=1S/C11H17NO2S/c1-9(13)7-12-8-10-3-5-11(6-4-10)15(2)14/h3-6,9,12-13H,7-8H2,1-2H3/t9-,15?/m0/s1. The first kappa shape index (κ1) is 12.4. The summed E-state index contributed by atoms with van der Waals surface area (Å²) < 4.78 is 11.1. The fourth-order valence-corrected chi connectivity index (χ4v) is 1.74. The van der Waals surface area contributed by atoms with Crippen molar-refractivity contribution in [2.75, 3.05) is 12.8 Å². The average Bonchev–Trinajstić information content (AvgIpc) is 2.18. The molecule has 1 rings (SSSR count). The number of aliphatic hydroxyl groups is 1. The van der Waals surface area contributed by atoms with Crippen LogP contribution in [0.15, 0.2) is 29.2 Å². The van der Waals surface area contributed by atoms with Crippen molar-refractivity contribution in [3.05, 3.63) is 29.8 Å². The van der Waals surface area contributed by atoms with Crippen LogP contribution in [0, 0.1) is 0 Å². The molecule has 2 N–H and O–H groups in total. The zero-order chi connectivity index (χ0) is 11.3. The zero-order valence-corrected chi connectivity index (χ0v) is 9.88. The van der Waals surface area contributed by atoms with Gasteiger partial charge in [-0.15, -0.1) is 0 Å². The fourth-order valence-electron chi connectivity index (χ4n) is 1.22. The minimum absolute atomic E-state index is 0.326. The lowest BCUT2D eigenvalue weighted by Gasteiger charge is -2.07. The van der Waals surface area contributed by atoms with Gasteiger partial charge in [0.15, 0.2) is 0 Å². The van der Waals surface area contributed by atoms with Crippen LogP contribution in [0.25, 0.3) is 0 Å². The van der Waals surface area contributed by atoms with Crippen LogP contribution in [-0.4, -0.2) is 28.2 Å². The molecule has 0 aliphatic carbocycles. The van der Waals surface area contributed by atoms with Crippen molar-refractivity contribution in [1.82, 2.24) is 5.32 Å². The first-order chi connectivity index (χ1) is 7.09. The van der Waals surface area contributed by atoms with Crippen LogP contribution in [0.2, 0.25) is 0 Å². The Morgan fingerprint density at radius 3 is 2.47 bits per heavy atom. The molecule has 0 spiro atoms. The van der Waals surface area contributed by atoms with Gasteiger partial charge in [-0.3, -0.25) is 4.21 Å². The van der Waals surface area contributed by atoms with Crippen molar-refractivity contribution in [2.45, 2.75) is 24.5 Å². The van der Waals surface area contributed by atoms with Gasteiger partial charge in [-0.2, -0.15) is 0 Å². The monoisotopic (exact) mass is 227 g/mol. The second-order valence-corrected chi connectivity index (χ2v) is 4.96. The summed E-state index contributed by atoms with van der Waals surface area (Å²) in [4.78, 5) is 0.842. The van der Waals surface area contributed by atoms with Crippen LogP contribution in [0.4, 0.5) is 0 Å². The number of hydrogen-bond acceptors (Lipinski definition) is 3. The van der Waals surface area contributed by atoms with E-state index in [1.165, 1.54) is 0 Å². The van der Waals surface area contributed by atoms with E-state index in [0.717, 1.165) is 17.0 Å². The minimum atomic E-state index is -0.911. The van der Waals surface area contributed by atoms with Crippen LogP contribution in [-0.2, 0) is 17.3 Å². The first-order valence-electron chi connectivity index (χ1n) is 4.90. The van der Waals surface area contributed by atoms with E-state index in [1.54, 1.807) is 13.2 Å². The summed E-state index contributed by atoms with van der Waals surface area (Å²) in [5.74, 6) is 0. The molecule has 0 fully saturated rings. The van der Waals surface area contributed by atoms with Gasteiger partial charge in [-0.25, -0.2) is 0 Å². The maximum Gasteiger partial charge on any atom is 0.0636 e. The van der Waals surface area contributed by atoms with Crippen molar-refractivity contribution in [3.8, 4) is 0 Å². The van der Waals surface area contributed by atoms with E-state index in [1.807, 2.05) is 24.3 Å². The van der Waals surface area contributed by atoms with E-state index >= 15 is 0 Å². The molecule has 0 aromatic heterocycles. The predicted molar refractivity (Wildman–Crippen MR) is 62.2 cm³/mol. The smallest absolute Gasteiger partial charge is 0.0636 e. The lowest BCUT2D eigenvalue weighted by molar-refractivity contribution is 0.191. The Bertz CT molecular complexity index is 322. The highest BCUT2D eigenvalue weighted by Crippen LogP contribution is 2.07. The highest BCUT2D eigenvalue weighted by Gasteiger charge is 1.98. The second-order valence-electron chi connectivity index (χ2n) is 3.58. The molecule has 0 radical (unpaired) electrons. The third kappa shape index (κ3) is 4.55. The summed E-state index contributed by atoms with van der Waals surface area (Å²) >= 11 is 0. The minimum Gasteiger partial charge on any atom is -0.392 e. The molecule has 3 nitrogen and oxygen atoms in total. The summed E-state index contributed by atoms with van der Waals surface area (Å²) in [6, 6.07) is 7.64. The van der Waals surface area contributed by atoms with E-state index in [4.69, 9.17) is 5.11 Å². The van der Waals surface area contributed by atoms with Crippen LogP contribution < -0.4 is 5.32 Å². The number of aliphatic hydroxyl groups excluding tert-OH is 1. The van der Waals surface area contributed by atoms with E-state index in [9.17, 15) is 4.21 Å². The number of hydrogen-bond donors (Lipinski definition) is 2. The molecule has 1 aromatic rings. The second kappa shape index (κ2) is 6.00. The van der Waals surface area contributed by atoms with Gasteiger partial charge in [-0.05, 0) is 24.6 Å². The third-order valence-corrected chi connectivity index (χ3v) is 2.96. The zero-order valence-electron chi connectivity index (χ0n) is 9.06. The number of nitrogens with one attached hydrogen (secondary N) is 1. The summed E-state index contributed by atoms with van der Waals surface area (Å²) in [7, 11) is -0.911.